The van der Waals surface area contributed by atoms with Crippen molar-refractivity contribution >= 4 is 22.5 Å². The number of carbonyl (C=O) groups is 1. The van der Waals surface area contributed by atoms with Gasteiger partial charge in [0.1, 0.15) is 5.82 Å². The lowest BCUT2D eigenvalue weighted by molar-refractivity contribution is -0.121. The van der Waals surface area contributed by atoms with Crippen LogP contribution < -0.4 is 5.32 Å². The van der Waals surface area contributed by atoms with E-state index in [1.807, 2.05) is 31.7 Å². The lowest BCUT2D eigenvalue weighted by atomic mass is 9.96. The molecular formula is C23H29N5O. The Kier molecular flexibility index (Phi) is 5.62. The van der Waals surface area contributed by atoms with Gasteiger partial charge in [-0.3, -0.25) is 9.48 Å². The molecule has 4 rings (SSSR count). The van der Waals surface area contributed by atoms with E-state index in [1.54, 1.807) is 4.68 Å². The maximum atomic E-state index is 12.8. The summed E-state index contributed by atoms with van der Waals surface area (Å²) in [7, 11) is 1.91. The molecule has 1 N–H and O–H groups in total. The summed E-state index contributed by atoms with van der Waals surface area (Å²) in [6, 6.07) is 8.21. The molecule has 1 aromatic carbocycles. The third-order valence-corrected chi connectivity index (χ3v) is 5.51. The normalized spacial score (nSPS) is 17.7. The first-order valence-corrected chi connectivity index (χ1v) is 10.4. The Morgan fingerprint density at radius 1 is 1.21 bits per heavy atom. The first kappa shape index (κ1) is 19.6. The largest absolute Gasteiger partial charge is 0.310 e. The van der Waals surface area contributed by atoms with Gasteiger partial charge in [0.05, 0.1) is 12.1 Å². The standard InChI is InChI=1S/C23H29N5O/c1-16(2)13-28-8-4-5-19(15-28)23(29)26-22-10-20-9-17(6-7-18(20)11-24-22)21-12-25-27(3)14-21/h6-7,9-12,14,16,19H,4-5,8,13,15H2,1-3H3,(H,24,26,29)/t19-/m0/s1. The van der Waals surface area contributed by atoms with Crippen LogP contribution in [0.2, 0.25) is 0 Å². The number of nitrogens with zero attached hydrogens (tertiary/aromatic N) is 4. The average molecular weight is 392 g/mol. The predicted molar refractivity (Wildman–Crippen MR) is 117 cm³/mol. The average Bonchev–Trinajstić information content (AvgIpc) is 3.13. The monoisotopic (exact) mass is 391 g/mol. The van der Waals surface area contributed by atoms with E-state index < -0.39 is 0 Å². The topological polar surface area (TPSA) is 63.1 Å². The second-order valence-electron chi connectivity index (χ2n) is 8.52. The number of anilines is 1. The van der Waals surface area contributed by atoms with Crippen LogP contribution in [-0.2, 0) is 11.8 Å². The van der Waals surface area contributed by atoms with Gasteiger partial charge in [-0.2, -0.15) is 5.10 Å². The van der Waals surface area contributed by atoms with E-state index in [4.69, 9.17) is 0 Å². The van der Waals surface area contributed by atoms with Crippen LogP contribution in [0.1, 0.15) is 26.7 Å². The highest BCUT2D eigenvalue weighted by Gasteiger charge is 2.26. The fourth-order valence-corrected chi connectivity index (χ4v) is 4.14. The quantitative estimate of drug-likeness (QED) is 0.715. The predicted octanol–water partition coefficient (Wildman–Crippen LogP) is 3.94. The van der Waals surface area contributed by atoms with Crippen molar-refractivity contribution in [3.63, 3.8) is 0 Å². The second kappa shape index (κ2) is 8.33. The van der Waals surface area contributed by atoms with Crippen molar-refractivity contribution in [2.24, 2.45) is 18.9 Å². The summed E-state index contributed by atoms with van der Waals surface area (Å²) < 4.78 is 1.80. The molecule has 0 unspecified atom stereocenters. The molecule has 3 heterocycles. The number of rotatable bonds is 5. The van der Waals surface area contributed by atoms with Crippen molar-refractivity contribution in [1.82, 2.24) is 19.7 Å². The molecule has 1 amide bonds. The molecule has 0 bridgehead atoms. The highest BCUT2D eigenvalue weighted by Crippen LogP contribution is 2.26. The Balaban J connectivity index is 1.49. The third kappa shape index (κ3) is 4.65. The summed E-state index contributed by atoms with van der Waals surface area (Å²) in [6.07, 6.45) is 7.70. The molecule has 29 heavy (non-hydrogen) atoms. The molecule has 0 saturated carbocycles. The van der Waals surface area contributed by atoms with E-state index in [0.29, 0.717) is 11.7 Å². The van der Waals surface area contributed by atoms with Crippen LogP contribution >= 0.6 is 0 Å². The van der Waals surface area contributed by atoms with Crippen LogP contribution in [0.25, 0.3) is 21.9 Å². The lowest BCUT2D eigenvalue weighted by Gasteiger charge is -2.32. The molecule has 0 spiro atoms. The summed E-state index contributed by atoms with van der Waals surface area (Å²) in [5, 5.41) is 9.41. The minimum atomic E-state index is 0.0294. The molecule has 0 aliphatic carbocycles. The van der Waals surface area contributed by atoms with Gasteiger partial charge >= 0.3 is 0 Å². The number of aromatic nitrogens is 3. The van der Waals surface area contributed by atoms with Gasteiger partial charge in [-0.05, 0) is 48.4 Å². The van der Waals surface area contributed by atoms with Crippen LogP contribution in [0.4, 0.5) is 5.82 Å². The summed E-state index contributed by atoms with van der Waals surface area (Å²) in [4.78, 5) is 19.7. The van der Waals surface area contributed by atoms with Crippen molar-refractivity contribution in [1.29, 1.82) is 0 Å². The van der Waals surface area contributed by atoms with Gasteiger partial charge in [0, 0.05) is 43.5 Å². The summed E-state index contributed by atoms with van der Waals surface area (Å²) in [6.45, 7) is 7.43. The molecule has 3 aromatic rings. The number of hydrogen-bond donors (Lipinski definition) is 1. The zero-order valence-electron chi connectivity index (χ0n) is 17.4. The first-order chi connectivity index (χ1) is 14.0. The number of fused-ring (bicyclic) bond motifs is 1. The fourth-order valence-electron chi connectivity index (χ4n) is 4.14. The molecule has 2 aromatic heterocycles. The van der Waals surface area contributed by atoms with Crippen molar-refractivity contribution < 1.29 is 4.79 Å². The van der Waals surface area contributed by atoms with Gasteiger partial charge < -0.3 is 10.2 Å². The Morgan fingerprint density at radius 2 is 2.07 bits per heavy atom. The number of nitrogens with one attached hydrogen (secondary N) is 1. The Labute approximate surface area is 171 Å². The zero-order chi connectivity index (χ0) is 20.4. The maximum absolute atomic E-state index is 12.8. The highest BCUT2D eigenvalue weighted by molar-refractivity contribution is 5.95. The Hall–Kier alpha value is -2.73. The molecule has 1 atom stereocenters. The van der Waals surface area contributed by atoms with Gasteiger partial charge in [0.2, 0.25) is 5.91 Å². The van der Waals surface area contributed by atoms with Crippen LogP contribution in [0.15, 0.2) is 42.9 Å². The summed E-state index contributed by atoms with van der Waals surface area (Å²) >= 11 is 0. The van der Waals surface area contributed by atoms with Gasteiger partial charge in [-0.1, -0.05) is 26.0 Å². The maximum Gasteiger partial charge on any atom is 0.229 e. The van der Waals surface area contributed by atoms with Crippen LogP contribution in [0.5, 0.6) is 0 Å². The number of aryl methyl sites for hydroxylation is 1. The molecule has 1 aliphatic heterocycles. The number of likely N-dealkylation sites (tertiary alicyclic amines) is 1. The Bertz CT molecular complexity index is 1010. The molecule has 6 nitrogen and oxygen atoms in total. The van der Waals surface area contributed by atoms with Crippen molar-refractivity contribution in [3.8, 4) is 11.1 Å². The number of hydrogen-bond acceptors (Lipinski definition) is 4. The van der Waals surface area contributed by atoms with E-state index in [1.165, 1.54) is 0 Å². The smallest absolute Gasteiger partial charge is 0.229 e. The van der Waals surface area contributed by atoms with Crippen molar-refractivity contribution in [2.75, 3.05) is 25.0 Å². The number of benzene rings is 1. The van der Waals surface area contributed by atoms with E-state index in [0.717, 1.165) is 54.4 Å². The number of pyridine rings is 1. The molecule has 0 radical (unpaired) electrons. The number of amides is 1. The molecule has 1 aliphatic rings. The van der Waals surface area contributed by atoms with Crippen LogP contribution in [0.3, 0.4) is 0 Å². The number of piperidine rings is 1. The van der Waals surface area contributed by atoms with Crippen LogP contribution in [0, 0.1) is 11.8 Å². The van der Waals surface area contributed by atoms with Crippen molar-refractivity contribution in [2.45, 2.75) is 26.7 Å². The minimum absolute atomic E-state index is 0.0294. The summed E-state index contributed by atoms with van der Waals surface area (Å²) in [5.41, 5.74) is 2.18. The van der Waals surface area contributed by atoms with Crippen LogP contribution in [-0.4, -0.2) is 45.2 Å². The van der Waals surface area contributed by atoms with Gasteiger partial charge in [0.15, 0.2) is 0 Å². The lowest BCUT2D eigenvalue weighted by Crippen LogP contribution is -2.42. The molecule has 6 heteroatoms. The van der Waals surface area contributed by atoms with E-state index >= 15 is 0 Å². The SMILES string of the molecule is CC(C)CN1CCC[C@H](C(=O)Nc2cc3cc(-c4cnn(C)c4)ccc3cn2)C1. The van der Waals surface area contributed by atoms with Gasteiger partial charge in [-0.15, -0.1) is 0 Å². The molecule has 1 saturated heterocycles. The minimum Gasteiger partial charge on any atom is -0.310 e. The zero-order valence-corrected chi connectivity index (χ0v) is 17.4. The summed E-state index contributed by atoms with van der Waals surface area (Å²) in [5.74, 6) is 1.34. The Morgan fingerprint density at radius 3 is 2.83 bits per heavy atom. The first-order valence-electron chi connectivity index (χ1n) is 10.4. The molecule has 152 valence electrons. The van der Waals surface area contributed by atoms with E-state index in [9.17, 15) is 4.79 Å². The van der Waals surface area contributed by atoms with E-state index in [-0.39, 0.29) is 11.8 Å². The molecule has 1 fully saturated rings. The van der Waals surface area contributed by atoms with Crippen molar-refractivity contribution in [3.05, 3.63) is 42.9 Å². The highest BCUT2D eigenvalue weighted by atomic mass is 16.2. The number of carbonyl (C=O) groups excluding carboxylic acids is 1. The van der Waals surface area contributed by atoms with Gasteiger partial charge in [0.25, 0.3) is 0 Å². The molecular weight excluding hydrogens is 362 g/mol. The fraction of sp³-hybridized carbons (Fsp3) is 0.435. The second-order valence-corrected chi connectivity index (χ2v) is 8.52. The van der Waals surface area contributed by atoms with Gasteiger partial charge in [-0.25, -0.2) is 4.98 Å². The van der Waals surface area contributed by atoms with E-state index in [2.05, 4.69) is 52.3 Å². The third-order valence-electron chi connectivity index (χ3n) is 5.51.